The predicted molar refractivity (Wildman–Crippen MR) is 120 cm³/mol. The number of aryl methyl sites for hydroxylation is 1. The summed E-state index contributed by atoms with van der Waals surface area (Å²) in [6.45, 7) is 0. The zero-order valence-electron chi connectivity index (χ0n) is 16.9. The first-order chi connectivity index (χ1) is 15.0. The van der Waals surface area contributed by atoms with E-state index in [2.05, 4.69) is 10.6 Å². The molecule has 31 heavy (non-hydrogen) atoms. The van der Waals surface area contributed by atoms with E-state index < -0.39 is 17.7 Å². The third kappa shape index (κ3) is 4.61. The molecule has 164 valence electrons. The normalized spacial score (nSPS) is 20.1. The highest BCUT2D eigenvalue weighted by atomic mass is 35.5. The first-order valence-corrected chi connectivity index (χ1v) is 11.6. The second kappa shape index (κ2) is 9.38. The number of amides is 3. The van der Waals surface area contributed by atoms with Crippen LogP contribution in [0.25, 0.3) is 0 Å². The van der Waals surface area contributed by atoms with Crippen LogP contribution in [0.4, 0.5) is 10.7 Å². The van der Waals surface area contributed by atoms with Gasteiger partial charge in [-0.25, -0.2) is 5.48 Å². The van der Waals surface area contributed by atoms with Crippen molar-refractivity contribution in [1.29, 1.82) is 0 Å². The zero-order valence-corrected chi connectivity index (χ0v) is 18.4. The van der Waals surface area contributed by atoms with Gasteiger partial charge in [0.25, 0.3) is 5.91 Å². The molecule has 0 saturated heterocycles. The molecule has 2 aliphatic rings. The highest BCUT2D eigenvalue weighted by Gasteiger charge is 2.37. The lowest BCUT2D eigenvalue weighted by Gasteiger charge is -2.28. The van der Waals surface area contributed by atoms with Crippen molar-refractivity contribution in [2.45, 2.75) is 44.9 Å². The van der Waals surface area contributed by atoms with Crippen molar-refractivity contribution in [2.75, 3.05) is 10.6 Å². The molecule has 4 N–H and O–H groups in total. The number of benzene rings is 1. The summed E-state index contributed by atoms with van der Waals surface area (Å²) in [7, 11) is 0. The van der Waals surface area contributed by atoms with E-state index in [-0.39, 0.29) is 11.8 Å². The number of anilines is 2. The summed E-state index contributed by atoms with van der Waals surface area (Å²) in [6.07, 6.45) is 5.47. The fraction of sp³-hybridized carbons (Fsp3) is 0.409. The third-order valence-corrected chi connectivity index (χ3v) is 7.50. The number of thiophene rings is 1. The van der Waals surface area contributed by atoms with E-state index in [9.17, 15) is 14.4 Å². The first kappa shape index (κ1) is 21.8. The van der Waals surface area contributed by atoms with E-state index in [4.69, 9.17) is 16.8 Å². The molecule has 7 nitrogen and oxygen atoms in total. The van der Waals surface area contributed by atoms with Gasteiger partial charge in [-0.1, -0.05) is 24.4 Å². The molecule has 1 saturated carbocycles. The number of halogens is 1. The number of hydroxylamine groups is 1. The summed E-state index contributed by atoms with van der Waals surface area (Å²) in [5.41, 5.74) is 3.79. The molecule has 0 aliphatic heterocycles. The van der Waals surface area contributed by atoms with E-state index >= 15 is 0 Å². The lowest BCUT2D eigenvalue weighted by Crippen LogP contribution is -2.40. The monoisotopic (exact) mass is 461 g/mol. The standard InChI is InChI=1S/C22H24ClN3O4S/c23-12-8-10-13(11-9-12)24-21(29)18-16-6-3-7-17(16)31-22(18)25-19(27)14-4-1-2-5-15(14)20(28)26-30/h8-11,14-15,30H,1-7H2,(H,24,29)(H,25,27)(H,26,28)/t14-,15+/m0/s1. The van der Waals surface area contributed by atoms with Gasteiger partial charge in [0.05, 0.1) is 11.5 Å². The molecule has 2 aliphatic carbocycles. The number of carbonyl (C=O) groups is 3. The van der Waals surface area contributed by atoms with Crippen molar-refractivity contribution in [3.05, 3.63) is 45.3 Å². The molecule has 0 bridgehead atoms. The van der Waals surface area contributed by atoms with Crippen LogP contribution in [-0.2, 0) is 22.4 Å². The molecule has 9 heteroatoms. The van der Waals surface area contributed by atoms with Gasteiger partial charge in [0.15, 0.2) is 0 Å². The molecule has 2 aromatic rings. The maximum absolute atomic E-state index is 13.1. The Kier molecular flexibility index (Phi) is 6.60. The minimum absolute atomic E-state index is 0.273. The maximum Gasteiger partial charge on any atom is 0.258 e. The van der Waals surface area contributed by atoms with E-state index in [0.717, 1.165) is 42.5 Å². The van der Waals surface area contributed by atoms with E-state index in [1.807, 2.05) is 0 Å². The van der Waals surface area contributed by atoms with Gasteiger partial charge in [-0.05, 0) is 61.9 Å². The Morgan fingerprint density at radius 1 is 0.935 bits per heavy atom. The number of rotatable bonds is 5. The average molecular weight is 462 g/mol. The van der Waals surface area contributed by atoms with Gasteiger partial charge >= 0.3 is 0 Å². The number of carbonyl (C=O) groups excluding carboxylic acids is 3. The molecule has 0 spiro atoms. The minimum Gasteiger partial charge on any atom is -0.322 e. The number of fused-ring (bicyclic) bond motifs is 1. The summed E-state index contributed by atoms with van der Waals surface area (Å²) in [6, 6.07) is 6.86. The van der Waals surface area contributed by atoms with Crippen LogP contribution in [0.15, 0.2) is 24.3 Å². The predicted octanol–water partition coefficient (Wildman–Crippen LogP) is 4.39. The van der Waals surface area contributed by atoms with Crippen LogP contribution in [0, 0.1) is 11.8 Å². The lowest BCUT2D eigenvalue weighted by atomic mass is 9.78. The van der Waals surface area contributed by atoms with Crippen LogP contribution in [0.2, 0.25) is 5.02 Å². The van der Waals surface area contributed by atoms with Gasteiger partial charge in [-0.3, -0.25) is 19.6 Å². The smallest absolute Gasteiger partial charge is 0.258 e. The Hall–Kier alpha value is -2.42. The van der Waals surface area contributed by atoms with Crippen molar-refractivity contribution < 1.29 is 19.6 Å². The van der Waals surface area contributed by atoms with Crippen LogP contribution in [0.5, 0.6) is 0 Å². The topological polar surface area (TPSA) is 108 Å². The Bertz CT molecular complexity index is 1000. The van der Waals surface area contributed by atoms with Gasteiger partial charge in [0.1, 0.15) is 5.00 Å². The van der Waals surface area contributed by atoms with Gasteiger partial charge < -0.3 is 10.6 Å². The molecular weight excluding hydrogens is 438 g/mol. The quantitative estimate of drug-likeness (QED) is 0.391. The molecule has 1 aromatic heterocycles. The number of nitrogens with one attached hydrogen (secondary N) is 3. The lowest BCUT2D eigenvalue weighted by molar-refractivity contribution is -0.140. The maximum atomic E-state index is 13.1. The Morgan fingerprint density at radius 3 is 2.29 bits per heavy atom. The number of hydrogen-bond acceptors (Lipinski definition) is 5. The molecule has 2 atom stereocenters. The minimum atomic E-state index is -0.572. The zero-order chi connectivity index (χ0) is 22.0. The van der Waals surface area contributed by atoms with Crippen molar-refractivity contribution in [1.82, 2.24) is 5.48 Å². The van der Waals surface area contributed by atoms with Crippen LogP contribution < -0.4 is 16.1 Å². The fourth-order valence-corrected chi connectivity index (χ4v) is 5.92. The van der Waals surface area contributed by atoms with Crippen molar-refractivity contribution in [3.63, 3.8) is 0 Å². The second-order valence-corrected chi connectivity index (χ2v) is 9.53. The van der Waals surface area contributed by atoms with E-state index in [1.165, 1.54) is 11.3 Å². The summed E-state index contributed by atoms with van der Waals surface area (Å²) in [5.74, 6) is -2.20. The molecule has 1 aromatic carbocycles. The van der Waals surface area contributed by atoms with E-state index in [0.29, 0.717) is 34.1 Å². The average Bonchev–Trinajstić information content (AvgIpc) is 3.35. The Morgan fingerprint density at radius 2 is 1.61 bits per heavy atom. The molecule has 1 heterocycles. The van der Waals surface area contributed by atoms with Gasteiger partial charge in [-0.15, -0.1) is 11.3 Å². The summed E-state index contributed by atoms with van der Waals surface area (Å²) in [4.78, 5) is 39.4. The Labute approximate surface area is 189 Å². The van der Waals surface area contributed by atoms with E-state index in [1.54, 1.807) is 29.7 Å². The largest absolute Gasteiger partial charge is 0.322 e. The molecule has 0 radical (unpaired) electrons. The fourth-order valence-electron chi connectivity index (χ4n) is 4.51. The SMILES string of the molecule is O=C(Nc1ccc(Cl)cc1)c1c(NC(=O)[C@H]2CCCC[C@H]2C(=O)NO)sc2c1CCC2. The van der Waals surface area contributed by atoms with Crippen molar-refractivity contribution in [2.24, 2.45) is 11.8 Å². The van der Waals surface area contributed by atoms with Gasteiger partial charge in [0.2, 0.25) is 11.8 Å². The van der Waals surface area contributed by atoms with Gasteiger partial charge in [0, 0.05) is 21.5 Å². The molecule has 4 rings (SSSR count). The summed E-state index contributed by atoms with van der Waals surface area (Å²) in [5, 5.41) is 16.0. The first-order valence-electron chi connectivity index (χ1n) is 10.4. The second-order valence-electron chi connectivity index (χ2n) is 7.99. The highest BCUT2D eigenvalue weighted by Crippen LogP contribution is 2.40. The molecule has 1 fully saturated rings. The molecule has 3 amide bonds. The summed E-state index contributed by atoms with van der Waals surface area (Å²) >= 11 is 7.36. The van der Waals surface area contributed by atoms with Crippen LogP contribution in [-0.4, -0.2) is 22.9 Å². The van der Waals surface area contributed by atoms with Gasteiger partial charge in [-0.2, -0.15) is 0 Å². The summed E-state index contributed by atoms with van der Waals surface area (Å²) < 4.78 is 0. The molecule has 0 unspecified atom stereocenters. The van der Waals surface area contributed by atoms with Crippen LogP contribution >= 0.6 is 22.9 Å². The third-order valence-electron chi connectivity index (χ3n) is 6.04. The highest BCUT2D eigenvalue weighted by molar-refractivity contribution is 7.17. The van der Waals surface area contributed by atoms with Crippen LogP contribution in [0.3, 0.4) is 0 Å². The van der Waals surface area contributed by atoms with Crippen molar-refractivity contribution >= 4 is 51.3 Å². The van der Waals surface area contributed by atoms with Crippen molar-refractivity contribution in [3.8, 4) is 0 Å². The Balaban J connectivity index is 1.57. The number of hydrogen-bond donors (Lipinski definition) is 4. The van der Waals surface area contributed by atoms with Crippen LogP contribution in [0.1, 0.15) is 52.9 Å². The molecular formula is C22H24ClN3O4S.